The van der Waals surface area contributed by atoms with Gasteiger partial charge in [-0.05, 0) is 62.1 Å². The molecule has 0 bridgehead atoms. The number of amides is 1. The first-order chi connectivity index (χ1) is 17.1. The van der Waals surface area contributed by atoms with Crippen molar-refractivity contribution < 1.29 is 26.4 Å². The lowest BCUT2D eigenvalue weighted by atomic mass is 10.1. The van der Waals surface area contributed by atoms with Crippen LogP contribution in [-0.2, 0) is 31.3 Å². The summed E-state index contributed by atoms with van der Waals surface area (Å²) in [5, 5.41) is 0. The molecule has 2 aliphatic rings. The summed E-state index contributed by atoms with van der Waals surface area (Å²) in [5.74, 6) is 0.439. The molecular weight excluding hydrogens is 502 g/mol. The molecule has 0 spiro atoms. The largest absolute Gasteiger partial charge is 0.496 e. The highest BCUT2D eigenvalue weighted by molar-refractivity contribution is 7.89. The molecule has 1 amide bonds. The van der Waals surface area contributed by atoms with E-state index in [9.17, 15) is 21.6 Å². The van der Waals surface area contributed by atoms with Crippen LogP contribution in [0.4, 0.5) is 0 Å². The van der Waals surface area contributed by atoms with Crippen molar-refractivity contribution in [3.63, 3.8) is 0 Å². The number of carbonyl (C=O) groups is 1. The molecule has 2 heterocycles. The average molecular weight is 536 g/mol. The van der Waals surface area contributed by atoms with Crippen molar-refractivity contribution in [1.82, 2.24) is 13.5 Å². The molecule has 11 heteroatoms. The van der Waals surface area contributed by atoms with Crippen LogP contribution in [0, 0.1) is 6.92 Å². The van der Waals surface area contributed by atoms with E-state index in [1.807, 2.05) is 6.92 Å². The number of nitrogens with zero attached hydrogens (tertiary/aromatic N) is 3. The van der Waals surface area contributed by atoms with E-state index in [2.05, 4.69) is 0 Å². The highest BCUT2D eigenvalue weighted by atomic mass is 32.2. The van der Waals surface area contributed by atoms with Crippen LogP contribution in [0.3, 0.4) is 0 Å². The van der Waals surface area contributed by atoms with E-state index >= 15 is 0 Å². The zero-order chi connectivity index (χ0) is 25.9. The Morgan fingerprint density at radius 1 is 0.806 bits per heavy atom. The maximum absolute atomic E-state index is 13.0. The SMILES string of the molecule is COc1ccc(S(=O)(=O)N2CCCC2)cc1CCC(=O)N1CCN(S(=O)(=O)c2ccc(C)cc2)CC1. The Balaban J connectivity index is 1.38. The Morgan fingerprint density at radius 2 is 1.36 bits per heavy atom. The highest BCUT2D eigenvalue weighted by Crippen LogP contribution is 2.28. The van der Waals surface area contributed by atoms with E-state index < -0.39 is 20.0 Å². The third-order valence-electron chi connectivity index (χ3n) is 6.81. The molecule has 2 aromatic rings. The molecule has 0 aliphatic carbocycles. The van der Waals surface area contributed by atoms with E-state index in [0.29, 0.717) is 43.9 Å². The van der Waals surface area contributed by atoms with Crippen molar-refractivity contribution in [1.29, 1.82) is 0 Å². The summed E-state index contributed by atoms with van der Waals surface area (Å²) in [6.07, 6.45) is 2.22. The number of aryl methyl sites for hydroxylation is 2. The summed E-state index contributed by atoms with van der Waals surface area (Å²) in [6.45, 7) is 4.03. The number of methoxy groups -OCH3 is 1. The van der Waals surface area contributed by atoms with Crippen LogP contribution in [0.5, 0.6) is 5.75 Å². The zero-order valence-corrected chi connectivity index (χ0v) is 22.4. The van der Waals surface area contributed by atoms with Gasteiger partial charge in [-0.2, -0.15) is 8.61 Å². The van der Waals surface area contributed by atoms with Crippen molar-refractivity contribution in [2.24, 2.45) is 0 Å². The van der Waals surface area contributed by atoms with Gasteiger partial charge in [0.15, 0.2) is 0 Å². The van der Waals surface area contributed by atoms with Crippen LogP contribution >= 0.6 is 0 Å². The molecular formula is C25H33N3O6S2. The number of hydrogen-bond donors (Lipinski definition) is 0. The first kappa shape index (κ1) is 26.6. The molecule has 4 rings (SSSR count). The number of hydrogen-bond acceptors (Lipinski definition) is 6. The monoisotopic (exact) mass is 535 g/mol. The van der Waals surface area contributed by atoms with Crippen LogP contribution < -0.4 is 4.74 Å². The summed E-state index contributed by atoms with van der Waals surface area (Å²) in [6, 6.07) is 11.5. The summed E-state index contributed by atoms with van der Waals surface area (Å²) < 4.78 is 60.1. The normalized spacial score (nSPS) is 17.9. The fraction of sp³-hybridized carbons (Fsp3) is 0.480. The molecule has 2 aliphatic heterocycles. The summed E-state index contributed by atoms with van der Waals surface area (Å²) >= 11 is 0. The van der Waals surface area contributed by atoms with Gasteiger partial charge in [0.2, 0.25) is 26.0 Å². The number of carbonyl (C=O) groups excluding carboxylic acids is 1. The maximum Gasteiger partial charge on any atom is 0.243 e. The van der Waals surface area contributed by atoms with Gasteiger partial charge in [-0.1, -0.05) is 17.7 Å². The fourth-order valence-corrected chi connectivity index (χ4v) is 7.62. The summed E-state index contributed by atoms with van der Waals surface area (Å²) in [4.78, 5) is 15.0. The third kappa shape index (κ3) is 5.59. The molecule has 9 nitrogen and oxygen atoms in total. The maximum atomic E-state index is 13.0. The quantitative estimate of drug-likeness (QED) is 0.514. The minimum Gasteiger partial charge on any atom is -0.496 e. The average Bonchev–Trinajstić information content (AvgIpc) is 3.43. The van der Waals surface area contributed by atoms with E-state index in [-0.39, 0.29) is 35.2 Å². The molecule has 0 unspecified atom stereocenters. The van der Waals surface area contributed by atoms with Crippen LogP contribution in [0.1, 0.15) is 30.4 Å². The Morgan fingerprint density at radius 3 is 1.97 bits per heavy atom. The molecule has 0 atom stereocenters. The van der Waals surface area contributed by atoms with Gasteiger partial charge in [-0.15, -0.1) is 0 Å². The Kier molecular flexibility index (Phi) is 8.03. The molecule has 2 fully saturated rings. The fourth-order valence-electron chi connectivity index (χ4n) is 4.63. The van der Waals surface area contributed by atoms with Crippen molar-refractivity contribution >= 4 is 26.0 Å². The predicted octanol–water partition coefficient (Wildman–Crippen LogP) is 2.25. The number of benzene rings is 2. The first-order valence-corrected chi connectivity index (χ1v) is 15.0. The standard InChI is InChI=1S/C25H33N3O6S2/c1-20-5-8-22(9-6-20)35(30,31)28-17-15-26(16-18-28)25(29)12-7-21-19-23(10-11-24(21)34-2)36(32,33)27-13-3-4-14-27/h5-6,8-11,19H,3-4,7,12-18H2,1-2H3. The molecule has 2 saturated heterocycles. The number of sulfonamides is 2. The van der Waals surface area contributed by atoms with Gasteiger partial charge in [0, 0.05) is 45.7 Å². The lowest BCUT2D eigenvalue weighted by molar-refractivity contribution is -0.132. The Bertz CT molecular complexity index is 1300. The second-order valence-electron chi connectivity index (χ2n) is 9.18. The lowest BCUT2D eigenvalue weighted by Gasteiger charge is -2.34. The molecule has 196 valence electrons. The first-order valence-electron chi connectivity index (χ1n) is 12.1. The topological polar surface area (TPSA) is 104 Å². The molecule has 0 N–H and O–H groups in total. The molecule has 0 radical (unpaired) electrons. The van der Waals surface area contributed by atoms with Gasteiger partial charge in [-0.3, -0.25) is 4.79 Å². The van der Waals surface area contributed by atoms with Gasteiger partial charge < -0.3 is 9.64 Å². The second kappa shape index (κ2) is 10.9. The van der Waals surface area contributed by atoms with Crippen molar-refractivity contribution in [2.75, 3.05) is 46.4 Å². The minimum absolute atomic E-state index is 0.0998. The number of ether oxygens (including phenoxy) is 1. The van der Waals surface area contributed by atoms with Crippen LogP contribution in [-0.4, -0.2) is 82.6 Å². The molecule has 36 heavy (non-hydrogen) atoms. The lowest BCUT2D eigenvalue weighted by Crippen LogP contribution is -2.50. The Labute approximate surface area is 213 Å². The van der Waals surface area contributed by atoms with E-state index in [0.717, 1.165) is 18.4 Å². The van der Waals surface area contributed by atoms with Crippen LogP contribution in [0.2, 0.25) is 0 Å². The zero-order valence-electron chi connectivity index (χ0n) is 20.7. The third-order valence-corrected chi connectivity index (χ3v) is 10.6. The van der Waals surface area contributed by atoms with Crippen LogP contribution in [0.25, 0.3) is 0 Å². The van der Waals surface area contributed by atoms with Gasteiger partial charge in [0.05, 0.1) is 16.9 Å². The second-order valence-corrected chi connectivity index (χ2v) is 13.1. The van der Waals surface area contributed by atoms with Gasteiger partial charge in [0.1, 0.15) is 5.75 Å². The van der Waals surface area contributed by atoms with Gasteiger partial charge >= 0.3 is 0 Å². The Hall–Kier alpha value is -2.47. The minimum atomic E-state index is -3.60. The van der Waals surface area contributed by atoms with E-state index in [4.69, 9.17) is 4.74 Å². The molecule has 0 aromatic heterocycles. The van der Waals surface area contributed by atoms with E-state index in [1.165, 1.54) is 15.7 Å². The number of piperazine rings is 1. The van der Waals surface area contributed by atoms with Crippen molar-refractivity contribution in [2.45, 2.75) is 42.4 Å². The summed E-state index contributed by atoms with van der Waals surface area (Å²) in [7, 11) is -5.65. The number of rotatable bonds is 8. The van der Waals surface area contributed by atoms with Crippen molar-refractivity contribution in [3.8, 4) is 5.75 Å². The molecule has 2 aromatic carbocycles. The summed E-state index contributed by atoms with van der Waals surface area (Å²) in [5.41, 5.74) is 1.65. The van der Waals surface area contributed by atoms with Crippen molar-refractivity contribution in [3.05, 3.63) is 53.6 Å². The smallest absolute Gasteiger partial charge is 0.243 e. The molecule has 0 saturated carbocycles. The predicted molar refractivity (Wildman–Crippen MR) is 136 cm³/mol. The van der Waals surface area contributed by atoms with Gasteiger partial charge in [0.25, 0.3) is 0 Å². The van der Waals surface area contributed by atoms with Gasteiger partial charge in [-0.25, -0.2) is 16.8 Å². The highest BCUT2D eigenvalue weighted by Gasteiger charge is 2.31. The van der Waals surface area contributed by atoms with Crippen LogP contribution in [0.15, 0.2) is 52.3 Å². The van der Waals surface area contributed by atoms with E-state index in [1.54, 1.807) is 47.4 Å².